The summed E-state index contributed by atoms with van der Waals surface area (Å²) in [4.78, 5) is 7.14. The van der Waals surface area contributed by atoms with Crippen molar-refractivity contribution in [2.75, 3.05) is 18.0 Å². The molecule has 2 aromatic carbocycles. The molecule has 3 aromatic rings. The van der Waals surface area contributed by atoms with E-state index in [1.807, 2.05) is 24.3 Å². The maximum Gasteiger partial charge on any atom is 0.206 e. The summed E-state index contributed by atoms with van der Waals surface area (Å²) in [6.07, 6.45) is 2.13. The van der Waals surface area contributed by atoms with Crippen molar-refractivity contribution in [2.24, 2.45) is 5.73 Å². The van der Waals surface area contributed by atoms with Crippen molar-refractivity contribution in [1.82, 2.24) is 9.55 Å². The maximum absolute atomic E-state index is 9.05. The van der Waals surface area contributed by atoms with Crippen molar-refractivity contribution < 1.29 is 0 Å². The molecule has 0 saturated carbocycles. The first-order chi connectivity index (χ1) is 12.7. The Kier molecular flexibility index (Phi) is 4.54. The molecule has 0 aliphatic carbocycles. The molecular weight excluding hydrogens is 346 g/mol. The van der Waals surface area contributed by atoms with Crippen LogP contribution in [0.5, 0.6) is 0 Å². The SMILES string of the molecule is N#Cc1ccc(Cn2c(N3CCC[C@H](N)C3)nc3ccccc32)c(Cl)c1. The molecule has 1 aromatic heterocycles. The van der Waals surface area contributed by atoms with Gasteiger partial charge >= 0.3 is 0 Å². The van der Waals surface area contributed by atoms with E-state index in [2.05, 4.69) is 21.6 Å². The van der Waals surface area contributed by atoms with E-state index in [1.165, 1.54) is 0 Å². The van der Waals surface area contributed by atoms with E-state index in [9.17, 15) is 0 Å². The number of piperidine rings is 1. The van der Waals surface area contributed by atoms with Crippen molar-refractivity contribution in [3.8, 4) is 6.07 Å². The second-order valence-electron chi connectivity index (χ2n) is 6.75. The van der Waals surface area contributed by atoms with Crippen LogP contribution in [0.15, 0.2) is 42.5 Å². The Morgan fingerprint density at radius 1 is 1.27 bits per heavy atom. The molecule has 1 atom stereocenters. The van der Waals surface area contributed by atoms with Crippen LogP contribution in [0.2, 0.25) is 5.02 Å². The number of nitriles is 1. The smallest absolute Gasteiger partial charge is 0.206 e. The van der Waals surface area contributed by atoms with Crippen LogP contribution in [0.1, 0.15) is 24.0 Å². The predicted octanol–water partition coefficient (Wildman–Crippen LogP) is 3.54. The third-order valence-corrected chi connectivity index (χ3v) is 5.24. The fourth-order valence-electron chi connectivity index (χ4n) is 3.57. The topological polar surface area (TPSA) is 70.9 Å². The molecule has 2 N–H and O–H groups in total. The summed E-state index contributed by atoms with van der Waals surface area (Å²) < 4.78 is 2.20. The van der Waals surface area contributed by atoms with E-state index in [0.717, 1.165) is 48.5 Å². The van der Waals surface area contributed by atoms with Gasteiger partial charge in [0.05, 0.1) is 29.2 Å². The summed E-state index contributed by atoms with van der Waals surface area (Å²) in [6, 6.07) is 15.9. The Labute approximate surface area is 157 Å². The average Bonchev–Trinajstić information content (AvgIpc) is 3.02. The molecule has 6 heteroatoms. The molecule has 2 heterocycles. The number of benzene rings is 2. The Bertz CT molecular complexity index is 988. The molecule has 0 radical (unpaired) electrons. The monoisotopic (exact) mass is 365 g/mol. The molecular formula is C20H20ClN5. The number of hydrogen-bond acceptors (Lipinski definition) is 4. The van der Waals surface area contributed by atoms with Crippen LogP contribution >= 0.6 is 11.6 Å². The Morgan fingerprint density at radius 3 is 2.88 bits per heavy atom. The molecule has 0 spiro atoms. The standard InChI is InChI=1S/C20H20ClN5/c21-17-10-14(11-22)7-8-15(17)12-26-19-6-2-1-5-18(19)24-20(26)25-9-3-4-16(23)13-25/h1-2,5-8,10,16H,3-4,9,12-13,23H2/t16-/m0/s1. The molecule has 1 saturated heterocycles. The number of halogens is 1. The predicted molar refractivity (Wildman–Crippen MR) is 104 cm³/mol. The Hall–Kier alpha value is -2.55. The van der Waals surface area contributed by atoms with Crippen LogP contribution in [-0.2, 0) is 6.54 Å². The van der Waals surface area contributed by atoms with E-state index in [0.29, 0.717) is 17.1 Å². The van der Waals surface area contributed by atoms with Crippen molar-refractivity contribution in [1.29, 1.82) is 5.26 Å². The zero-order valence-corrected chi connectivity index (χ0v) is 15.2. The lowest BCUT2D eigenvalue weighted by Crippen LogP contribution is -2.44. The highest BCUT2D eigenvalue weighted by molar-refractivity contribution is 6.31. The van der Waals surface area contributed by atoms with Gasteiger partial charge in [0.15, 0.2) is 0 Å². The summed E-state index contributed by atoms with van der Waals surface area (Å²) in [6.45, 7) is 2.37. The normalized spacial score (nSPS) is 17.4. The van der Waals surface area contributed by atoms with Gasteiger partial charge in [0.1, 0.15) is 0 Å². The van der Waals surface area contributed by atoms with Gasteiger partial charge in [-0.3, -0.25) is 0 Å². The van der Waals surface area contributed by atoms with Crippen molar-refractivity contribution in [3.05, 3.63) is 58.6 Å². The van der Waals surface area contributed by atoms with Gasteiger partial charge < -0.3 is 15.2 Å². The first-order valence-electron chi connectivity index (χ1n) is 8.80. The maximum atomic E-state index is 9.05. The number of para-hydroxylation sites is 2. The number of aromatic nitrogens is 2. The number of hydrogen-bond donors (Lipinski definition) is 1. The lowest BCUT2D eigenvalue weighted by molar-refractivity contribution is 0.495. The molecule has 4 rings (SSSR count). The third kappa shape index (κ3) is 3.14. The Balaban J connectivity index is 1.78. The summed E-state index contributed by atoms with van der Waals surface area (Å²) in [5.74, 6) is 0.932. The first kappa shape index (κ1) is 16.9. The molecule has 1 aliphatic rings. The van der Waals surface area contributed by atoms with Crippen molar-refractivity contribution in [3.63, 3.8) is 0 Å². The second-order valence-corrected chi connectivity index (χ2v) is 7.16. The summed E-state index contributed by atoms with van der Waals surface area (Å²) in [5, 5.41) is 9.65. The van der Waals surface area contributed by atoms with Gasteiger partial charge in [0, 0.05) is 24.2 Å². The van der Waals surface area contributed by atoms with Crippen LogP contribution in [-0.4, -0.2) is 28.7 Å². The minimum absolute atomic E-state index is 0.176. The minimum atomic E-state index is 0.176. The molecule has 26 heavy (non-hydrogen) atoms. The molecule has 0 amide bonds. The fraction of sp³-hybridized carbons (Fsp3) is 0.300. The quantitative estimate of drug-likeness (QED) is 0.770. The summed E-state index contributed by atoms with van der Waals surface area (Å²) in [7, 11) is 0. The van der Waals surface area contributed by atoms with E-state index in [4.69, 9.17) is 27.6 Å². The fourth-order valence-corrected chi connectivity index (χ4v) is 3.81. The average molecular weight is 366 g/mol. The van der Waals surface area contributed by atoms with Crippen LogP contribution in [0.3, 0.4) is 0 Å². The van der Waals surface area contributed by atoms with E-state index >= 15 is 0 Å². The number of nitrogens with two attached hydrogens (primary N) is 1. The molecule has 5 nitrogen and oxygen atoms in total. The van der Waals surface area contributed by atoms with Gasteiger partial charge in [0.25, 0.3) is 0 Å². The number of nitrogens with zero attached hydrogens (tertiary/aromatic N) is 4. The zero-order chi connectivity index (χ0) is 18.1. The van der Waals surface area contributed by atoms with Gasteiger partial charge in [-0.1, -0.05) is 29.8 Å². The largest absolute Gasteiger partial charge is 0.341 e. The zero-order valence-electron chi connectivity index (χ0n) is 14.4. The molecule has 0 bridgehead atoms. The van der Waals surface area contributed by atoms with Crippen LogP contribution in [0.4, 0.5) is 5.95 Å². The van der Waals surface area contributed by atoms with Crippen molar-refractivity contribution >= 4 is 28.6 Å². The van der Waals surface area contributed by atoms with Crippen LogP contribution < -0.4 is 10.6 Å². The Morgan fingerprint density at radius 2 is 2.12 bits per heavy atom. The van der Waals surface area contributed by atoms with Crippen LogP contribution in [0.25, 0.3) is 11.0 Å². The van der Waals surface area contributed by atoms with Gasteiger partial charge in [-0.25, -0.2) is 4.98 Å². The van der Waals surface area contributed by atoms with Gasteiger partial charge in [-0.05, 0) is 42.7 Å². The highest BCUT2D eigenvalue weighted by atomic mass is 35.5. The summed E-state index contributed by atoms with van der Waals surface area (Å²) >= 11 is 6.42. The van der Waals surface area contributed by atoms with Gasteiger partial charge in [-0.15, -0.1) is 0 Å². The van der Waals surface area contributed by atoms with Gasteiger partial charge in [-0.2, -0.15) is 5.26 Å². The minimum Gasteiger partial charge on any atom is -0.341 e. The van der Waals surface area contributed by atoms with Crippen LogP contribution in [0, 0.1) is 11.3 Å². The third-order valence-electron chi connectivity index (χ3n) is 4.89. The molecule has 1 fully saturated rings. The second kappa shape index (κ2) is 6.99. The molecule has 1 aliphatic heterocycles. The highest BCUT2D eigenvalue weighted by Crippen LogP contribution is 2.28. The molecule has 132 valence electrons. The first-order valence-corrected chi connectivity index (χ1v) is 9.18. The van der Waals surface area contributed by atoms with E-state index in [1.54, 1.807) is 12.1 Å². The lowest BCUT2D eigenvalue weighted by Gasteiger charge is -2.32. The van der Waals surface area contributed by atoms with Gasteiger partial charge in [0.2, 0.25) is 5.95 Å². The number of imidazole rings is 1. The highest BCUT2D eigenvalue weighted by Gasteiger charge is 2.23. The van der Waals surface area contributed by atoms with E-state index < -0.39 is 0 Å². The lowest BCUT2D eigenvalue weighted by atomic mass is 10.1. The molecule has 0 unspecified atom stereocenters. The van der Waals surface area contributed by atoms with E-state index in [-0.39, 0.29) is 6.04 Å². The number of fused-ring (bicyclic) bond motifs is 1. The van der Waals surface area contributed by atoms with Crippen molar-refractivity contribution in [2.45, 2.75) is 25.4 Å². The number of anilines is 1. The number of rotatable bonds is 3. The summed E-state index contributed by atoms with van der Waals surface area (Å²) in [5.41, 5.74) is 9.76.